The van der Waals surface area contributed by atoms with Crippen molar-refractivity contribution < 1.29 is 4.79 Å². The standard InChI is InChI=1S/C17H17NO/c18-12-15-7-9-16(10-8-15)17(13-19)11-6-14-4-2-1-3-5-14/h1-5,7-11,13H,6,12,18H2. The summed E-state index contributed by atoms with van der Waals surface area (Å²) in [5.74, 6) is 0. The number of aldehydes is 1. The fraction of sp³-hybridized carbons (Fsp3) is 0.118. The third kappa shape index (κ3) is 3.63. The molecule has 2 aromatic rings. The first kappa shape index (κ1) is 13.2. The van der Waals surface area contributed by atoms with Crippen molar-refractivity contribution in [3.8, 4) is 0 Å². The van der Waals surface area contributed by atoms with Gasteiger partial charge in [-0.05, 0) is 23.1 Å². The summed E-state index contributed by atoms with van der Waals surface area (Å²) in [4.78, 5) is 11.2. The van der Waals surface area contributed by atoms with Crippen LogP contribution in [-0.4, -0.2) is 6.29 Å². The average Bonchev–Trinajstić information content (AvgIpc) is 2.49. The molecule has 2 nitrogen and oxygen atoms in total. The van der Waals surface area contributed by atoms with E-state index in [4.69, 9.17) is 5.73 Å². The van der Waals surface area contributed by atoms with E-state index < -0.39 is 0 Å². The lowest BCUT2D eigenvalue weighted by molar-refractivity contribution is -0.103. The Morgan fingerprint density at radius 2 is 1.63 bits per heavy atom. The summed E-state index contributed by atoms with van der Waals surface area (Å²) in [5.41, 5.74) is 9.47. The van der Waals surface area contributed by atoms with E-state index in [1.54, 1.807) is 0 Å². The molecule has 2 heteroatoms. The van der Waals surface area contributed by atoms with Crippen molar-refractivity contribution in [2.24, 2.45) is 5.73 Å². The molecule has 2 rings (SSSR count). The first-order valence-electron chi connectivity index (χ1n) is 6.32. The molecule has 0 saturated heterocycles. The first-order valence-corrected chi connectivity index (χ1v) is 6.32. The Bertz CT molecular complexity index is 556. The van der Waals surface area contributed by atoms with Crippen LogP contribution >= 0.6 is 0 Å². The van der Waals surface area contributed by atoms with Gasteiger partial charge in [-0.25, -0.2) is 0 Å². The normalized spacial score (nSPS) is 11.3. The molecule has 0 fully saturated rings. The van der Waals surface area contributed by atoms with Crippen molar-refractivity contribution in [3.05, 3.63) is 77.4 Å². The molecule has 0 radical (unpaired) electrons. The lowest BCUT2D eigenvalue weighted by Crippen LogP contribution is -1.96. The van der Waals surface area contributed by atoms with Crippen LogP contribution in [0.25, 0.3) is 5.57 Å². The molecule has 0 aliphatic rings. The molecule has 0 bridgehead atoms. The highest BCUT2D eigenvalue weighted by atomic mass is 16.1. The van der Waals surface area contributed by atoms with E-state index in [1.807, 2.05) is 48.5 Å². The van der Waals surface area contributed by atoms with Crippen molar-refractivity contribution in [3.63, 3.8) is 0 Å². The van der Waals surface area contributed by atoms with Crippen LogP contribution in [-0.2, 0) is 17.8 Å². The molecule has 0 amide bonds. The zero-order valence-corrected chi connectivity index (χ0v) is 10.8. The second kappa shape index (κ2) is 6.66. The smallest absolute Gasteiger partial charge is 0.150 e. The third-order valence-electron chi connectivity index (χ3n) is 3.05. The van der Waals surface area contributed by atoms with Crippen LogP contribution in [0.1, 0.15) is 16.7 Å². The number of hydrogen-bond donors (Lipinski definition) is 1. The van der Waals surface area contributed by atoms with Crippen LogP contribution in [0.3, 0.4) is 0 Å². The maximum atomic E-state index is 11.2. The largest absolute Gasteiger partial charge is 0.326 e. The fourth-order valence-corrected chi connectivity index (χ4v) is 1.91. The van der Waals surface area contributed by atoms with Crippen molar-refractivity contribution in [2.75, 3.05) is 0 Å². The average molecular weight is 251 g/mol. The fourth-order valence-electron chi connectivity index (χ4n) is 1.91. The molecule has 0 atom stereocenters. The second-order valence-electron chi connectivity index (χ2n) is 4.37. The van der Waals surface area contributed by atoms with Gasteiger partial charge in [0.05, 0.1) is 0 Å². The summed E-state index contributed by atoms with van der Waals surface area (Å²) >= 11 is 0. The van der Waals surface area contributed by atoms with Crippen molar-refractivity contribution in [1.29, 1.82) is 0 Å². The Morgan fingerprint density at radius 1 is 0.947 bits per heavy atom. The summed E-state index contributed by atoms with van der Waals surface area (Å²) in [6, 6.07) is 17.9. The number of nitrogens with two attached hydrogens (primary N) is 1. The zero-order valence-electron chi connectivity index (χ0n) is 10.8. The summed E-state index contributed by atoms with van der Waals surface area (Å²) in [7, 11) is 0. The molecule has 0 spiro atoms. The van der Waals surface area contributed by atoms with Gasteiger partial charge in [0, 0.05) is 12.1 Å². The highest BCUT2D eigenvalue weighted by molar-refractivity contribution is 6.06. The Balaban J connectivity index is 2.16. The van der Waals surface area contributed by atoms with Crippen molar-refractivity contribution in [1.82, 2.24) is 0 Å². The second-order valence-corrected chi connectivity index (χ2v) is 4.37. The lowest BCUT2D eigenvalue weighted by Gasteiger charge is -2.03. The predicted molar refractivity (Wildman–Crippen MR) is 78.5 cm³/mol. The number of carbonyl (C=O) groups excluding carboxylic acids is 1. The number of benzene rings is 2. The highest BCUT2D eigenvalue weighted by Gasteiger charge is 2.00. The van der Waals surface area contributed by atoms with E-state index >= 15 is 0 Å². The van der Waals surface area contributed by atoms with E-state index in [0.29, 0.717) is 12.1 Å². The molecule has 0 aliphatic carbocycles. The minimum absolute atomic E-state index is 0.518. The lowest BCUT2D eigenvalue weighted by atomic mass is 10.0. The van der Waals surface area contributed by atoms with Gasteiger partial charge in [-0.2, -0.15) is 0 Å². The van der Waals surface area contributed by atoms with Gasteiger partial charge in [0.25, 0.3) is 0 Å². The molecule has 2 aromatic carbocycles. The van der Waals surface area contributed by atoms with Gasteiger partial charge in [0.2, 0.25) is 0 Å². The van der Waals surface area contributed by atoms with Gasteiger partial charge < -0.3 is 5.73 Å². The van der Waals surface area contributed by atoms with Gasteiger partial charge in [0.1, 0.15) is 6.29 Å². The van der Waals surface area contributed by atoms with Crippen LogP contribution < -0.4 is 5.73 Å². The van der Waals surface area contributed by atoms with Crippen LogP contribution in [0.5, 0.6) is 0 Å². The van der Waals surface area contributed by atoms with E-state index in [-0.39, 0.29) is 0 Å². The van der Waals surface area contributed by atoms with Crippen LogP contribution in [0.4, 0.5) is 0 Å². The Kier molecular flexibility index (Phi) is 4.65. The highest BCUT2D eigenvalue weighted by Crippen LogP contribution is 2.14. The molecule has 0 heterocycles. The van der Waals surface area contributed by atoms with Crippen molar-refractivity contribution in [2.45, 2.75) is 13.0 Å². The molecule has 96 valence electrons. The molecule has 0 aromatic heterocycles. The van der Waals surface area contributed by atoms with Gasteiger partial charge >= 0.3 is 0 Å². The molecular weight excluding hydrogens is 234 g/mol. The SMILES string of the molecule is NCc1ccc(C(C=O)=CCc2ccccc2)cc1. The Morgan fingerprint density at radius 3 is 2.21 bits per heavy atom. The topological polar surface area (TPSA) is 43.1 Å². The Labute approximate surface area is 113 Å². The Hall–Kier alpha value is -2.19. The number of allylic oxidation sites excluding steroid dienone is 2. The molecule has 19 heavy (non-hydrogen) atoms. The molecule has 0 unspecified atom stereocenters. The van der Waals surface area contributed by atoms with E-state index in [2.05, 4.69) is 12.1 Å². The molecular formula is C17H17NO. The maximum Gasteiger partial charge on any atom is 0.150 e. The van der Waals surface area contributed by atoms with Gasteiger partial charge in [-0.3, -0.25) is 4.79 Å². The quantitative estimate of drug-likeness (QED) is 0.655. The van der Waals surface area contributed by atoms with Gasteiger partial charge in [0.15, 0.2) is 0 Å². The molecule has 2 N–H and O–H groups in total. The van der Waals surface area contributed by atoms with Crippen molar-refractivity contribution >= 4 is 11.9 Å². The minimum atomic E-state index is 0.518. The van der Waals surface area contributed by atoms with E-state index in [1.165, 1.54) is 5.56 Å². The number of rotatable bonds is 5. The van der Waals surface area contributed by atoms with Crippen LogP contribution in [0.15, 0.2) is 60.7 Å². The summed E-state index contributed by atoms with van der Waals surface area (Å²) in [5, 5.41) is 0. The molecule has 0 aliphatic heterocycles. The van der Waals surface area contributed by atoms with Gasteiger partial charge in [-0.1, -0.05) is 60.7 Å². The molecule has 0 saturated carbocycles. The third-order valence-corrected chi connectivity index (χ3v) is 3.05. The number of carbonyl (C=O) groups is 1. The minimum Gasteiger partial charge on any atom is -0.326 e. The van der Waals surface area contributed by atoms with E-state index in [0.717, 1.165) is 23.8 Å². The van der Waals surface area contributed by atoms with Gasteiger partial charge in [-0.15, -0.1) is 0 Å². The maximum absolute atomic E-state index is 11.2. The monoisotopic (exact) mass is 251 g/mol. The summed E-state index contributed by atoms with van der Waals surface area (Å²) in [6.45, 7) is 0.518. The summed E-state index contributed by atoms with van der Waals surface area (Å²) in [6.07, 6.45) is 3.62. The van der Waals surface area contributed by atoms with E-state index in [9.17, 15) is 4.79 Å². The summed E-state index contributed by atoms with van der Waals surface area (Å²) < 4.78 is 0. The first-order chi connectivity index (χ1) is 9.33. The zero-order chi connectivity index (χ0) is 13.5. The number of hydrogen-bond acceptors (Lipinski definition) is 2. The van der Waals surface area contributed by atoms with Crippen LogP contribution in [0.2, 0.25) is 0 Å². The predicted octanol–water partition coefficient (Wildman–Crippen LogP) is 2.97. The van der Waals surface area contributed by atoms with Crippen LogP contribution in [0, 0.1) is 0 Å².